The Hall–Kier alpha value is -0.570. The van der Waals surface area contributed by atoms with Crippen molar-refractivity contribution < 1.29 is 4.79 Å². The Morgan fingerprint density at radius 2 is 1.76 bits per heavy atom. The molecule has 3 nitrogen and oxygen atoms in total. The summed E-state index contributed by atoms with van der Waals surface area (Å²) < 4.78 is 0. The second kappa shape index (κ2) is 11.9. The molecule has 17 heavy (non-hydrogen) atoms. The molecule has 102 valence electrons. The zero-order valence-electron chi connectivity index (χ0n) is 11.6. The maximum Gasteiger partial charge on any atom is 0.219 e. The molecule has 0 saturated heterocycles. The average Bonchev–Trinajstić information content (AvgIpc) is 2.29. The van der Waals surface area contributed by atoms with E-state index in [4.69, 9.17) is 5.73 Å². The molecule has 0 spiro atoms. The lowest BCUT2D eigenvalue weighted by atomic mass is 10.1. The van der Waals surface area contributed by atoms with E-state index in [0.29, 0.717) is 6.42 Å². The molecule has 1 amide bonds. The van der Waals surface area contributed by atoms with Crippen molar-refractivity contribution in [1.82, 2.24) is 5.32 Å². The quantitative estimate of drug-likeness (QED) is 0.547. The van der Waals surface area contributed by atoms with Crippen molar-refractivity contribution in [2.45, 2.75) is 77.7 Å². The number of nitrogens with one attached hydrogen (secondary N) is 1. The van der Waals surface area contributed by atoms with Crippen LogP contribution < -0.4 is 11.1 Å². The predicted molar refractivity (Wildman–Crippen MR) is 73.9 cm³/mol. The van der Waals surface area contributed by atoms with Gasteiger partial charge in [-0.15, -0.1) is 0 Å². The van der Waals surface area contributed by atoms with E-state index in [2.05, 4.69) is 12.2 Å². The van der Waals surface area contributed by atoms with Crippen molar-refractivity contribution >= 4 is 5.91 Å². The van der Waals surface area contributed by atoms with E-state index in [1.54, 1.807) is 0 Å². The fourth-order valence-electron chi connectivity index (χ4n) is 1.81. The molecule has 0 rings (SSSR count). The molecule has 3 heteroatoms. The van der Waals surface area contributed by atoms with Crippen molar-refractivity contribution in [3.8, 4) is 0 Å². The number of rotatable bonds is 11. The van der Waals surface area contributed by atoms with Crippen molar-refractivity contribution in [2.24, 2.45) is 5.73 Å². The highest BCUT2D eigenvalue weighted by atomic mass is 16.1. The molecule has 0 aliphatic heterocycles. The standard InChI is InChI=1S/C14H30N2O/c1-3-4-5-6-7-8-11-14(17)16-12-9-10-13(2)15/h13H,3-12,15H2,1-2H3,(H,16,17). The van der Waals surface area contributed by atoms with Crippen LogP contribution in [-0.4, -0.2) is 18.5 Å². The van der Waals surface area contributed by atoms with E-state index in [1.165, 1.54) is 32.1 Å². The van der Waals surface area contributed by atoms with Crippen LogP contribution in [0.2, 0.25) is 0 Å². The molecular formula is C14H30N2O. The third-order valence-corrected chi connectivity index (χ3v) is 2.92. The van der Waals surface area contributed by atoms with Crippen molar-refractivity contribution in [3.05, 3.63) is 0 Å². The number of hydrogen-bond acceptors (Lipinski definition) is 2. The summed E-state index contributed by atoms with van der Waals surface area (Å²) in [7, 11) is 0. The maximum absolute atomic E-state index is 11.4. The van der Waals surface area contributed by atoms with Gasteiger partial charge < -0.3 is 11.1 Å². The third kappa shape index (κ3) is 13.4. The molecule has 0 aromatic rings. The van der Waals surface area contributed by atoms with Crippen LogP contribution in [0.15, 0.2) is 0 Å². The number of carbonyl (C=O) groups excluding carboxylic acids is 1. The first-order valence-corrected chi connectivity index (χ1v) is 7.19. The van der Waals surface area contributed by atoms with Crippen LogP contribution in [0.3, 0.4) is 0 Å². The molecule has 3 N–H and O–H groups in total. The van der Waals surface area contributed by atoms with Gasteiger partial charge in [-0.05, 0) is 26.2 Å². The lowest BCUT2D eigenvalue weighted by molar-refractivity contribution is -0.121. The summed E-state index contributed by atoms with van der Waals surface area (Å²) >= 11 is 0. The summed E-state index contributed by atoms with van der Waals surface area (Å²) in [4.78, 5) is 11.4. The average molecular weight is 242 g/mol. The molecule has 0 aromatic carbocycles. The number of hydrogen-bond donors (Lipinski definition) is 2. The van der Waals surface area contributed by atoms with Crippen molar-refractivity contribution in [1.29, 1.82) is 0 Å². The minimum absolute atomic E-state index is 0.199. The number of carbonyl (C=O) groups is 1. The van der Waals surface area contributed by atoms with Gasteiger partial charge in [0.1, 0.15) is 0 Å². The summed E-state index contributed by atoms with van der Waals surface area (Å²) in [5, 5.41) is 2.95. The minimum Gasteiger partial charge on any atom is -0.356 e. The van der Waals surface area contributed by atoms with E-state index >= 15 is 0 Å². The van der Waals surface area contributed by atoms with E-state index in [9.17, 15) is 4.79 Å². The number of unbranched alkanes of at least 4 members (excludes halogenated alkanes) is 5. The first-order chi connectivity index (χ1) is 8.16. The highest BCUT2D eigenvalue weighted by Gasteiger charge is 2.00. The van der Waals surface area contributed by atoms with Gasteiger partial charge in [0.15, 0.2) is 0 Å². The van der Waals surface area contributed by atoms with Gasteiger partial charge >= 0.3 is 0 Å². The molecule has 0 aliphatic carbocycles. The van der Waals surface area contributed by atoms with Gasteiger partial charge in [-0.3, -0.25) is 4.79 Å². The highest BCUT2D eigenvalue weighted by Crippen LogP contribution is 2.06. The molecule has 0 aliphatic rings. The maximum atomic E-state index is 11.4. The van der Waals surface area contributed by atoms with Gasteiger partial charge in [0.25, 0.3) is 0 Å². The number of nitrogens with two attached hydrogens (primary N) is 1. The second-order valence-electron chi connectivity index (χ2n) is 4.99. The molecule has 0 heterocycles. The van der Waals surface area contributed by atoms with E-state index in [-0.39, 0.29) is 11.9 Å². The Kier molecular flexibility index (Phi) is 11.5. The summed E-state index contributed by atoms with van der Waals surface area (Å²) in [6, 6.07) is 0.241. The number of amides is 1. The zero-order valence-corrected chi connectivity index (χ0v) is 11.6. The van der Waals surface area contributed by atoms with Crippen LogP contribution in [0.5, 0.6) is 0 Å². The summed E-state index contributed by atoms with van der Waals surface area (Å²) in [6.07, 6.45) is 10.1. The van der Waals surface area contributed by atoms with Crippen LogP contribution in [0, 0.1) is 0 Å². The molecule has 0 bridgehead atoms. The Bertz CT molecular complexity index is 181. The van der Waals surface area contributed by atoms with Crippen LogP contribution >= 0.6 is 0 Å². The topological polar surface area (TPSA) is 55.1 Å². The largest absolute Gasteiger partial charge is 0.356 e. The molecule has 0 fully saturated rings. The van der Waals surface area contributed by atoms with Gasteiger partial charge in [0.05, 0.1) is 0 Å². The van der Waals surface area contributed by atoms with Crippen LogP contribution in [0.4, 0.5) is 0 Å². The van der Waals surface area contributed by atoms with Gasteiger partial charge in [-0.1, -0.05) is 39.0 Å². The van der Waals surface area contributed by atoms with E-state index < -0.39 is 0 Å². The monoisotopic (exact) mass is 242 g/mol. The van der Waals surface area contributed by atoms with Gasteiger partial charge in [-0.2, -0.15) is 0 Å². The molecule has 1 atom stereocenters. The Balaban J connectivity index is 3.18. The summed E-state index contributed by atoms with van der Waals surface area (Å²) in [5.74, 6) is 0.199. The van der Waals surface area contributed by atoms with Crippen LogP contribution in [-0.2, 0) is 4.79 Å². The third-order valence-electron chi connectivity index (χ3n) is 2.92. The van der Waals surface area contributed by atoms with Crippen molar-refractivity contribution in [2.75, 3.05) is 6.54 Å². The zero-order chi connectivity index (χ0) is 12.9. The van der Waals surface area contributed by atoms with Gasteiger partial charge in [-0.25, -0.2) is 0 Å². The Morgan fingerprint density at radius 1 is 1.12 bits per heavy atom. The van der Waals surface area contributed by atoms with E-state index in [0.717, 1.165) is 25.8 Å². The molecule has 0 aromatic heterocycles. The summed E-state index contributed by atoms with van der Waals surface area (Å²) in [5.41, 5.74) is 5.63. The van der Waals surface area contributed by atoms with Crippen LogP contribution in [0.25, 0.3) is 0 Å². The molecule has 0 saturated carbocycles. The Labute approximate surface area is 107 Å². The van der Waals surface area contributed by atoms with Crippen LogP contribution in [0.1, 0.15) is 71.6 Å². The predicted octanol–water partition coefficient (Wildman–Crippen LogP) is 2.98. The van der Waals surface area contributed by atoms with Gasteiger partial charge in [0.2, 0.25) is 5.91 Å². The van der Waals surface area contributed by atoms with E-state index in [1.807, 2.05) is 6.92 Å². The minimum atomic E-state index is 0.199. The SMILES string of the molecule is CCCCCCCCC(=O)NCCCC(C)N. The molecule has 0 radical (unpaired) electrons. The molecular weight excluding hydrogens is 212 g/mol. The lowest BCUT2D eigenvalue weighted by Gasteiger charge is -2.06. The Morgan fingerprint density at radius 3 is 2.41 bits per heavy atom. The second-order valence-corrected chi connectivity index (χ2v) is 4.99. The first kappa shape index (κ1) is 16.4. The highest BCUT2D eigenvalue weighted by molar-refractivity contribution is 5.75. The fourth-order valence-corrected chi connectivity index (χ4v) is 1.81. The first-order valence-electron chi connectivity index (χ1n) is 7.19. The van der Waals surface area contributed by atoms with Crippen molar-refractivity contribution in [3.63, 3.8) is 0 Å². The fraction of sp³-hybridized carbons (Fsp3) is 0.929. The smallest absolute Gasteiger partial charge is 0.219 e. The van der Waals surface area contributed by atoms with Gasteiger partial charge in [0, 0.05) is 19.0 Å². The summed E-state index contributed by atoms with van der Waals surface area (Å²) in [6.45, 7) is 4.99. The normalized spacial score (nSPS) is 12.4. The lowest BCUT2D eigenvalue weighted by Crippen LogP contribution is -2.25. The molecule has 1 unspecified atom stereocenters.